The van der Waals surface area contributed by atoms with Crippen LogP contribution in [0.25, 0.3) is 0 Å². The molecule has 0 aromatic heterocycles. The number of rotatable bonds is 1. The van der Waals surface area contributed by atoms with Gasteiger partial charge in [0.2, 0.25) is 0 Å². The van der Waals surface area contributed by atoms with E-state index >= 15 is 0 Å². The van der Waals surface area contributed by atoms with Crippen molar-refractivity contribution in [1.82, 2.24) is 10.2 Å². The van der Waals surface area contributed by atoms with Gasteiger partial charge in [0.05, 0.1) is 0 Å². The molecule has 0 bridgehead atoms. The van der Waals surface area contributed by atoms with Crippen molar-refractivity contribution >= 4 is 17.3 Å². The van der Waals surface area contributed by atoms with Gasteiger partial charge in [0.25, 0.3) is 0 Å². The maximum atomic E-state index is 11.7. The molecule has 0 unspecified atom stereocenters. The van der Waals surface area contributed by atoms with Crippen LogP contribution in [-0.4, -0.2) is 36.8 Å². The molecule has 0 amide bonds. The molecular weight excluding hydrogens is 177 g/mol. The zero-order chi connectivity index (χ0) is 9.07. The highest BCUT2D eigenvalue weighted by atomic mass is 32.1. The molecule has 0 aliphatic carbocycles. The molecule has 11 heavy (non-hydrogen) atoms. The SMILES string of the molecule is CNC(=S)N(C)CC(F)(F)F. The van der Waals surface area contributed by atoms with E-state index in [2.05, 4.69) is 17.5 Å². The Morgan fingerprint density at radius 3 is 2.27 bits per heavy atom. The molecule has 0 spiro atoms. The van der Waals surface area contributed by atoms with Gasteiger partial charge in [-0.3, -0.25) is 0 Å². The zero-order valence-corrected chi connectivity index (χ0v) is 7.01. The predicted molar refractivity (Wildman–Crippen MR) is 40.3 cm³/mol. The number of hydrogen-bond acceptors (Lipinski definition) is 1. The van der Waals surface area contributed by atoms with Gasteiger partial charge in [-0.05, 0) is 12.2 Å². The summed E-state index contributed by atoms with van der Waals surface area (Å²) in [6, 6.07) is 0. The summed E-state index contributed by atoms with van der Waals surface area (Å²) in [6.45, 7) is -1.02. The first-order chi connectivity index (χ1) is 4.87. The minimum Gasteiger partial charge on any atom is -0.366 e. The molecule has 0 fully saturated rings. The summed E-state index contributed by atoms with van der Waals surface area (Å²) in [7, 11) is 2.77. The first-order valence-electron chi connectivity index (χ1n) is 2.86. The van der Waals surface area contributed by atoms with E-state index in [0.717, 1.165) is 4.90 Å². The third kappa shape index (κ3) is 4.83. The Morgan fingerprint density at radius 2 is 2.00 bits per heavy atom. The summed E-state index contributed by atoms with van der Waals surface area (Å²) >= 11 is 4.56. The molecule has 0 aromatic carbocycles. The van der Waals surface area contributed by atoms with E-state index in [0.29, 0.717) is 0 Å². The Hall–Kier alpha value is -0.520. The van der Waals surface area contributed by atoms with Crippen molar-refractivity contribution in [3.05, 3.63) is 0 Å². The summed E-state index contributed by atoms with van der Waals surface area (Å²) in [4.78, 5) is 0.926. The number of nitrogens with one attached hydrogen (secondary N) is 1. The molecule has 0 saturated carbocycles. The van der Waals surface area contributed by atoms with Gasteiger partial charge in [-0.2, -0.15) is 13.2 Å². The topological polar surface area (TPSA) is 15.3 Å². The number of nitrogens with zero attached hydrogens (tertiary/aromatic N) is 1. The fourth-order valence-corrected chi connectivity index (χ4v) is 0.596. The van der Waals surface area contributed by atoms with Crippen LogP contribution in [0.3, 0.4) is 0 Å². The third-order valence-electron chi connectivity index (χ3n) is 0.977. The van der Waals surface area contributed by atoms with Crippen molar-refractivity contribution in [2.75, 3.05) is 20.6 Å². The Labute approximate surface area is 68.4 Å². The summed E-state index contributed by atoms with van der Waals surface area (Å²) < 4.78 is 35.0. The van der Waals surface area contributed by atoms with Gasteiger partial charge in [-0.25, -0.2) is 0 Å². The second-order valence-electron chi connectivity index (χ2n) is 2.03. The molecule has 0 atom stereocenters. The van der Waals surface area contributed by atoms with E-state index in [-0.39, 0.29) is 5.11 Å². The molecule has 0 aliphatic rings. The fourth-order valence-electron chi connectivity index (χ4n) is 0.532. The van der Waals surface area contributed by atoms with Gasteiger partial charge < -0.3 is 10.2 Å². The summed E-state index contributed by atoms with van der Waals surface area (Å²) in [6.07, 6.45) is -4.20. The molecule has 6 heteroatoms. The van der Waals surface area contributed by atoms with Crippen molar-refractivity contribution in [3.63, 3.8) is 0 Å². The lowest BCUT2D eigenvalue weighted by molar-refractivity contribution is -0.135. The number of hydrogen-bond donors (Lipinski definition) is 1. The number of halogens is 3. The molecule has 0 aromatic rings. The molecule has 2 nitrogen and oxygen atoms in total. The molecule has 0 heterocycles. The maximum absolute atomic E-state index is 11.7. The summed E-state index contributed by atoms with van der Waals surface area (Å²) in [5.74, 6) is 0. The van der Waals surface area contributed by atoms with Crippen molar-refractivity contribution < 1.29 is 13.2 Å². The van der Waals surface area contributed by atoms with Crippen molar-refractivity contribution in [2.45, 2.75) is 6.18 Å². The second kappa shape index (κ2) is 3.75. The van der Waals surface area contributed by atoms with Gasteiger partial charge in [0, 0.05) is 14.1 Å². The molecule has 0 rings (SSSR count). The highest BCUT2D eigenvalue weighted by Gasteiger charge is 2.29. The molecule has 66 valence electrons. The van der Waals surface area contributed by atoms with E-state index in [1.54, 1.807) is 0 Å². The van der Waals surface area contributed by atoms with E-state index in [1.165, 1.54) is 14.1 Å². The van der Waals surface area contributed by atoms with E-state index in [9.17, 15) is 13.2 Å². The van der Waals surface area contributed by atoms with Crippen molar-refractivity contribution in [3.8, 4) is 0 Å². The predicted octanol–water partition coefficient (Wildman–Crippen LogP) is 0.985. The highest BCUT2D eigenvalue weighted by Crippen LogP contribution is 2.15. The van der Waals surface area contributed by atoms with Crippen LogP contribution in [0, 0.1) is 0 Å². The van der Waals surface area contributed by atoms with Gasteiger partial charge in [-0.15, -0.1) is 0 Å². The average molecular weight is 186 g/mol. The third-order valence-corrected chi connectivity index (χ3v) is 1.49. The minimum absolute atomic E-state index is 0.0855. The van der Waals surface area contributed by atoms with Gasteiger partial charge in [0.1, 0.15) is 6.54 Å². The van der Waals surface area contributed by atoms with Crippen LogP contribution in [-0.2, 0) is 0 Å². The lowest BCUT2D eigenvalue weighted by Crippen LogP contribution is -2.40. The zero-order valence-electron chi connectivity index (χ0n) is 6.20. The molecule has 0 aliphatic heterocycles. The Kier molecular flexibility index (Phi) is 3.57. The monoisotopic (exact) mass is 186 g/mol. The minimum atomic E-state index is -4.20. The lowest BCUT2D eigenvalue weighted by Gasteiger charge is -2.20. The summed E-state index contributed by atoms with van der Waals surface area (Å²) in [5, 5.41) is 2.53. The number of thiocarbonyl (C=S) groups is 1. The van der Waals surface area contributed by atoms with Gasteiger partial charge >= 0.3 is 6.18 Å². The Morgan fingerprint density at radius 1 is 1.55 bits per heavy atom. The van der Waals surface area contributed by atoms with Crippen LogP contribution in [0.5, 0.6) is 0 Å². The molecular formula is C5H9F3N2S. The first kappa shape index (κ1) is 10.5. The summed E-state index contributed by atoms with van der Waals surface area (Å²) in [5.41, 5.74) is 0. The largest absolute Gasteiger partial charge is 0.405 e. The molecule has 1 N–H and O–H groups in total. The van der Waals surface area contributed by atoms with Crippen LogP contribution in [0.15, 0.2) is 0 Å². The molecule has 0 radical (unpaired) electrons. The Balaban J connectivity index is 3.87. The van der Waals surface area contributed by atoms with Crippen molar-refractivity contribution in [1.29, 1.82) is 0 Å². The fraction of sp³-hybridized carbons (Fsp3) is 0.800. The van der Waals surface area contributed by atoms with Gasteiger partial charge in [0.15, 0.2) is 5.11 Å². The second-order valence-corrected chi connectivity index (χ2v) is 2.41. The smallest absolute Gasteiger partial charge is 0.366 e. The lowest BCUT2D eigenvalue weighted by atomic mass is 10.6. The highest BCUT2D eigenvalue weighted by molar-refractivity contribution is 7.80. The van der Waals surface area contributed by atoms with Crippen LogP contribution in [0.4, 0.5) is 13.2 Å². The van der Waals surface area contributed by atoms with E-state index < -0.39 is 12.7 Å². The first-order valence-corrected chi connectivity index (χ1v) is 3.27. The van der Waals surface area contributed by atoms with Crippen LogP contribution < -0.4 is 5.32 Å². The van der Waals surface area contributed by atoms with Crippen LogP contribution in [0.2, 0.25) is 0 Å². The van der Waals surface area contributed by atoms with Crippen molar-refractivity contribution in [2.24, 2.45) is 0 Å². The normalized spacial score (nSPS) is 11.0. The van der Waals surface area contributed by atoms with Gasteiger partial charge in [-0.1, -0.05) is 0 Å². The average Bonchev–Trinajstić information content (AvgIpc) is 1.82. The van der Waals surface area contributed by atoms with E-state index in [4.69, 9.17) is 0 Å². The molecule has 0 saturated heterocycles. The van der Waals surface area contributed by atoms with Crippen LogP contribution >= 0.6 is 12.2 Å². The Bertz CT molecular complexity index is 145. The van der Waals surface area contributed by atoms with E-state index in [1.807, 2.05) is 0 Å². The maximum Gasteiger partial charge on any atom is 0.405 e. The quantitative estimate of drug-likeness (QED) is 0.615. The number of alkyl halides is 3. The standard InChI is InChI=1S/C5H9F3N2S/c1-9-4(11)10(2)3-5(6,7)8/h3H2,1-2H3,(H,9,11). The van der Waals surface area contributed by atoms with Crippen LogP contribution in [0.1, 0.15) is 0 Å².